The third-order valence-electron chi connectivity index (χ3n) is 3.31. The highest BCUT2D eigenvalue weighted by Crippen LogP contribution is 2.39. The van der Waals surface area contributed by atoms with Gasteiger partial charge in [0, 0.05) is 15.8 Å². The molecule has 0 bridgehead atoms. The van der Waals surface area contributed by atoms with Crippen LogP contribution in [0, 0.1) is 5.92 Å². The van der Waals surface area contributed by atoms with Gasteiger partial charge in [-0.25, -0.2) is 0 Å². The predicted molar refractivity (Wildman–Crippen MR) is 76.8 cm³/mol. The highest BCUT2D eigenvalue weighted by molar-refractivity contribution is 7.17. The molecule has 110 valence electrons. The zero-order valence-corrected chi connectivity index (χ0v) is 12.3. The second-order valence-electron chi connectivity index (χ2n) is 5.03. The van der Waals surface area contributed by atoms with E-state index in [1.807, 2.05) is 0 Å². The first-order chi connectivity index (χ1) is 9.84. The molecule has 21 heavy (non-hydrogen) atoms. The highest BCUT2D eigenvalue weighted by atomic mass is 35.5. The zero-order chi connectivity index (χ0) is 15.2. The number of hydrogen-bond acceptors (Lipinski definition) is 2. The maximum atomic E-state index is 12.8. The topological polar surface area (TPSA) is 17.1 Å². The van der Waals surface area contributed by atoms with Gasteiger partial charge in [-0.15, -0.1) is 11.3 Å². The summed E-state index contributed by atoms with van der Waals surface area (Å²) < 4.78 is 38.4. The molecule has 0 saturated heterocycles. The predicted octanol–water partition coefficient (Wildman–Crippen LogP) is 5.68. The van der Waals surface area contributed by atoms with E-state index >= 15 is 0 Å². The second-order valence-corrected chi connectivity index (χ2v) is 6.55. The zero-order valence-electron chi connectivity index (χ0n) is 10.7. The molecule has 0 spiro atoms. The lowest BCUT2D eigenvalue weighted by molar-refractivity contribution is -0.137. The standard InChI is InChI=1S/C15H10ClF3OS/c16-11-6-9(5-10(7-11)15(17,18)19)12-3-4-13(21-12)14(20)8-1-2-8/h3-8H,1-2H2. The van der Waals surface area contributed by atoms with E-state index < -0.39 is 11.7 Å². The summed E-state index contributed by atoms with van der Waals surface area (Å²) in [6.07, 6.45) is -2.63. The van der Waals surface area contributed by atoms with Crippen LogP contribution in [-0.2, 0) is 6.18 Å². The molecule has 0 atom stereocenters. The number of hydrogen-bond donors (Lipinski definition) is 0. The molecule has 6 heteroatoms. The average Bonchev–Trinajstić information content (AvgIpc) is 3.13. The minimum Gasteiger partial charge on any atom is -0.293 e. The Labute approximate surface area is 128 Å². The summed E-state index contributed by atoms with van der Waals surface area (Å²) in [5.41, 5.74) is -0.400. The minimum atomic E-state index is -4.44. The van der Waals surface area contributed by atoms with Gasteiger partial charge < -0.3 is 0 Å². The van der Waals surface area contributed by atoms with Crippen LogP contribution >= 0.6 is 22.9 Å². The number of alkyl halides is 3. The maximum Gasteiger partial charge on any atom is 0.416 e. The molecule has 1 aliphatic carbocycles. The van der Waals surface area contributed by atoms with Gasteiger partial charge >= 0.3 is 6.18 Å². The lowest BCUT2D eigenvalue weighted by Gasteiger charge is -2.09. The van der Waals surface area contributed by atoms with Crippen LogP contribution < -0.4 is 0 Å². The van der Waals surface area contributed by atoms with Crippen LogP contribution in [0.1, 0.15) is 28.1 Å². The first-order valence-electron chi connectivity index (χ1n) is 6.37. The van der Waals surface area contributed by atoms with Crippen molar-refractivity contribution in [3.63, 3.8) is 0 Å². The first-order valence-corrected chi connectivity index (χ1v) is 7.56. The van der Waals surface area contributed by atoms with Crippen LogP contribution in [0.15, 0.2) is 30.3 Å². The molecule has 0 unspecified atom stereocenters. The number of carbonyl (C=O) groups is 1. The molecule has 0 amide bonds. The molecular formula is C15H10ClF3OS. The molecule has 1 aliphatic rings. The van der Waals surface area contributed by atoms with Crippen LogP contribution in [0.5, 0.6) is 0 Å². The van der Waals surface area contributed by atoms with E-state index in [1.54, 1.807) is 12.1 Å². The third kappa shape index (κ3) is 3.14. The molecule has 1 saturated carbocycles. The summed E-state index contributed by atoms with van der Waals surface area (Å²) in [6, 6.07) is 6.78. The van der Waals surface area contributed by atoms with Gasteiger partial charge in [0.25, 0.3) is 0 Å². The van der Waals surface area contributed by atoms with E-state index in [-0.39, 0.29) is 16.7 Å². The van der Waals surface area contributed by atoms with Crippen molar-refractivity contribution in [2.75, 3.05) is 0 Å². The Bertz CT molecular complexity index is 701. The fourth-order valence-electron chi connectivity index (χ4n) is 2.07. The fourth-order valence-corrected chi connectivity index (χ4v) is 3.31. The van der Waals surface area contributed by atoms with Crippen molar-refractivity contribution in [3.05, 3.63) is 45.8 Å². The van der Waals surface area contributed by atoms with Crippen LogP contribution in [0.4, 0.5) is 13.2 Å². The van der Waals surface area contributed by atoms with Crippen molar-refractivity contribution in [2.45, 2.75) is 19.0 Å². The van der Waals surface area contributed by atoms with Gasteiger partial charge in [0.1, 0.15) is 0 Å². The molecule has 1 aromatic carbocycles. The van der Waals surface area contributed by atoms with Crippen LogP contribution in [0.3, 0.4) is 0 Å². The maximum absolute atomic E-state index is 12.8. The Balaban J connectivity index is 1.96. The van der Waals surface area contributed by atoms with Crippen molar-refractivity contribution in [1.82, 2.24) is 0 Å². The van der Waals surface area contributed by atoms with E-state index in [9.17, 15) is 18.0 Å². The SMILES string of the molecule is O=C(c1ccc(-c2cc(Cl)cc(C(F)(F)F)c2)s1)C1CC1. The minimum absolute atomic E-state index is 0.0308. The normalized spacial score (nSPS) is 15.2. The summed E-state index contributed by atoms with van der Waals surface area (Å²) in [5.74, 6) is 0.186. The van der Waals surface area contributed by atoms with Crippen molar-refractivity contribution in [1.29, 1.82) is 0 Å². The molecule has 0 aliphatic heterocycles. The molecule has 3 rings (SSSR count). The lowest BCUT2D eigenvalue weighted by Crippen LogP contribution is -2.04. The molecule has 2 aromatic rings. The number of halogens is 4. The number of carbonyl (C=O) groups excluding carboxylic acids is 1. The highest BCUT2D eigenvalue weighted by Gasteiger charge is 2.32. The summed E-state index contributed by atoms with van der Waals surface area (Å²) in [7, 11) is 0. The van der Waals surface area contributed by atoms with Gasteiger partial charge in [0.2, 0.25) is 0 Å². The third-order valence-corrected chi connectivity index (χ3v) is 4.67. The quantitative estimate of drug-likeness (QED) is 0.662. The summed E-state index contributed by atoms with van der Waals surface area (Å²) in [6.45, 7) is 0. The molecule has 0 radical (unpaired) electrons. The molecule has 1 fully saturated rings. The van der Waals surface area contributed by atoms with Crippen LogP contribution in [-0.4, -0.2) is 5.78 Å². The number of rotatable bonds is 3. The van der Waals surface area contributed by atoms with E-state index in [0.717, 1.165) is 25.0 Å². The Kier molecular flexibility index (Phi) is 3.58. The molecular weight excluding hydrogens is 321 g/mol. The average molecular weight is 331 g/mol. The van der Waals surface area contributed by atoms with Gasteiger partial charge in [-0.05, 0) is 48.7 Å². The number of Topliss-reactive ketones (excluding diaryl/α,β-unsaturated/α-hetero) is 1. The van der Waals surface area contributed by atoms with E-state index in [0.29, 0.717) is 15.3 Å². The van der Waals surface area contributed by atoms with Crippen molar-refractivity contribution in [3.8, 4) is 10.4 Å². The Hall–Kier alpha value is -1.33. The Morgan fingerprint density at radius 3 is 2.52 bits per heavy atom. The van der Waals surface area contributed by atoms with Gasteiger partial charge in [-0.3, -0.25) is 4.79 Å². The largest absolute Gasteiger partial charge is 0.416 e. The van der Waals surface area contributed by atoms with Crippen molar-refractivity contribution < 1.29 is 18.0 Å². The van der Waals surface area contributed by atoms with Gasteiger partial charge in [-0.2, -0.15) is 13.2 Å². The number of benzene rings is 1. The van der Waals surface area contributed by atoms with Gasteiger partial charge in [-0.1, -0.05) is 11.6 Å². The summed E-state index contributed by atoms with van der Waals surface area (Å²) in [4.78, 5) is 13.2. The van der Waals surface area contributed by atoms with Gasteiger partial charge in [0.15, 0.2) is 5.78 Å². The summed E-state index contributed by atoms with van der Waals surface area (Å²) in [5, 5.41) is 0.0308. The monoisotopic (exact) mass is 330 g/mol. The molecule has 1 nitrogen and oxygen atoms in total. The van der Waals surface area contributed by atoms with Gasteiger partial charge in [0.05, 0.1) is 10.4 Å². The van der Waals surface area contributed by atoms with E-state index in [1.165, 1.54) is 17.4 Å². The number of thiophene rings is 1. The van der Waals surface area contributed by atoms with E-state index in [4.69, 9.17) is 11.6 Å². The molecule has 0 N–H and O–H groups in total. The second kappa shape index (κ2) is 5.14. The smallest absolute Gasteiger partial charge is 0.293 e. The first kappa shape index (κ1) is 14.6. The molecule has 1 heterocycles. The fraction of sp³-hybridized carbons (Fsp3) is 0.267. The van der Waals surface area contributed by atoms with Crippen LogP contribution in [0.25, 0.3) is 10.4 Å². The van der Waals surface area contributed by atoms with Crippen molar-refractivity contribution in [2.24, 2.45) is 5.92 Å². The van der Waals surface area contributed by atoms with Crippen molar-refractivity contribution >= 4 is 28.7 Å². The molecule has 1 aromatic heterocycles. The lowest BCUT2D eigenvalue weighted by atomic mass is 10.1. The summed E-state index contributed by atoms with van der Waals surface area (Å²) >= 11 is 6.99. The number of ketones is 1. The van der Waals surface area contributed by atoms with Crippen LogP contribution in [0.2, 0.25) is 5.02 Å². The van der Waals surface area contributed by atoms with E-state index in [2.05, 4.69) is 0 Å². The Morgan fingerprint density at radius 1 is 1.19 bits per heavy atom. The Morgan fingerprint density at radius 2 is 1.90 bits per heavy atom.